The second kappa shape index (κ2) is 9.19. The molecule has 0 radical (unpaired) electrons. The number of amides is 1. The lowest BCUT2D eigenvalue weighted by atomic mass is 10.0. The first-order valence-electron chi connectivity index (χ1n) is 8.24. The van der Waals surface area contributed by atoms with Gasteiger partial charge in [-0.05, 0) is 50.2 Å². The highest BCUT2D eigenvalue weighted by molar-refractivity contribution is 6.30. The standard InChI is InChI=1S/C20H20ClNO5/c1-12(23)14-7-8-18(26-3)15(9-14)10-19(24)27-13(2)20(25)22-17-6-4-5-16(21)11-17/h4-9,11,13H,10H2,1-3H3,(H,22,25)/t13-/m1/s1. The molecule has 0 aliphatic carbocycles. The molecule has 1 amide bonds. The number of carbonyl (C=O) groups excluding carboxylic acids is 3. The van der Waals surface area contributed by atoms with E-state index < -0.39 is 18.0 Å². The molecule has 7 heteroatoms. The molecule has 0 aliphatic rings. The molecule has 1 N–H and O–H groups in total. The lowest BCUT2D eigenvalue weighted by Crippen LogP contribution is -2.30. The van der Waals surface area contributed by atoms with E-state index in [2.05, 4.69) is 5.32 Å². The smallest absolute Gasteiger partial charge is 0.311 e. The number of ketones is 1. The van der Waals surface area contributed by atoms with E-state index in [4.69, 9.17) is 21.1 Å². The molecular weight excluding hydrogens is 370 g/mol. The second-order valence-corrected chi connectivity index (χ2v) is 6.33. The molecule has 2 aromatic carbocycles. The van der Waals surface area contributed by atoms with Crippen LogP contribution in [-0.2, 0) is 20.7 Å². The van der Waals surface area contributed by atoms with E-state index in [1.165, 1.54) is 21.0 Å². The highest BCUT2D eigenvalue weighted by atomic mass is 35.5. The van der Waals surface area contributed by atoms with Crippen molar-refractivity contribution < 1.29 is 23.9 Å². The first-order chi connectivity index (χ1) is 12.8. The summed E-state index contributed by atoms with van der Waals surface area (Å²) in [6, 6.07) is 11.5. The Hall–Kier alpha value is -2.86. The number of nitrogens with one attached hydrogen (secondary N) is 1. The number of benzene rings is 2. The van der Waals surface area contributed by atoms with Gasteiger partial charge in [-0.25, -0.2) is 0 Å². The van der Waals surface area contributed by atoms with Crippen molar-refractivity contribution in [3.8, 4) is 5.75 Å². The molecule has 0 aliphatic heterocycles. The van der Waals surface area contributed by atoms with Crippen LogP contribution in [0.5, 0.6) is 5.75 Å². The van der Waals surface area contributed by atoms with Crippen LogP contribution in [0.2, 0.25) is 5.02 Å². The summed E-state index contributed by atoms with van der Waals surface area (Å²) < 4.78 is 10.4. The summed E-state index contributed by atoms with van der Waals surface area (Å²) in [7, 11) is 1.47. The quantitative estimate of drug-likeness (QED) is 0.577. The van der Waals surface area contributed by atoms with Gasteiger partial charge in [-0.2, -0.15) is 0 Å². The Labute approximate surface area is 162 Å². The average Bonchev–Trinajstić information content (AvgIpc) is 2.61. The molecule has 0 fully saturated rings. The molecule has 0 saturated heterocycles. The third-order valence-electron chi connectivity index (χ3n) is 3.79. The highest BCUT2D eigenvalue weighted by Gasteiger charge is 2.20. The number of ether oxygens (including phenoxy) is 2. The molecule has 2 aromatic rings. The molecule has 0 aromatic heterocycles. The number of hydrogen-bond donors (Lipinski definition) is 1. The summed E-state index contributed by atoms with van der Waals surface area (Å²) >= 11 is 5.87. The topological polar surface area (TPSA) is 81.7 Å². The number of hydrogen-bond acceptors (Lipinski definition) is 5. The molecule has 0 spiro atoms. The lowest BCUT2D eigenvalue weighted by Gasteiger charge is -2.15. The Kier molecular flexibility index (Phi) is 6.96. The van der Waals surface area contributed by atoms with Crippen LogP contribution in [0.15, 0.2) is 42.5 Å². The van der Waals surface area contributed by atoms with Crippen molar-refractivity contribution >= 4 is 34.9 Å². The van der Waals surface area contributed by atoms with Gasteiger partial charge in [-0.3, -0.25) is 14.4 Å². The first kappa shape index (κ1) is 20.5. The number of halogens is 1. The summed E-state index contributed by atoms with van der Waals surface area (Å²) in [5, 5.41) is 3.11. The minimum absolute atomic E-state index is 0.124. The normalized spacial score (nSPS) is 11.4. The Bertz CT molecular complexity index is 865. The monoisotopic (exact) mass is 389 g/mol. The SMILES string of the molecule is COc1ccc(C(C)=O)cc1CC(=O)O[C@H](C)C(=O)Nc1cccc(Cl)c1. The zero-order valence-electron chi connectivity index (χ0n) is 15.2. The Balaban J connectivity index is 2.01. The van der Waals surface area contributed by atoms with Gasteiger partial charge in [0.15, 0.2) is 11.9 Å². The molecule has 1 atom stereocenters. The maximum absolute atomic E-state index is 12.2. The first-order valence-corrected chi connectivity index (χ1v) is 8.61. The maximum atomic E-state index is 12.2. The van der Waals surface area contributed by atoms with Crippen molar-refractivity contribution in [3.05, 3.63) is 58.6 Å². The number of rotatable bonds is 7. The van der Waals surface area contributed by atoms with E-state index >= 15 is 0 Å². The Morgan fingerprint density at radius 1 is 1.15 bits per heavy atom. The largest absolute Gasteiger partial charge is 0.496 e. The fraction of sp³-hybridized carbons (Fsp3) is 0.250. The van der Waals surface area contributed by atoms with Crippen molar-refractivity contribution in [2.24, 2.45) is 0 Å². The van der Waals surface area contributed by atoms with E-state index in [9.17, 15) is 14.4 Å². The second-order valence-electron chi connectivity index (χ2n) is 5.89. The maximum Gasteiger partial charge on any atom is 0.311 e. The molecule has 0 bridgehead atoms. The molecule has 0 heterocycles. The number of esters is 1. The minimum Gasteiger partial charge on any atom is -0.496 e. The fourth-order valence-electron chi connectivity index (χ4n) is 2.39. The van der Waals surface area contributed by atoms with Gasteiger partial charge >= 0.3 is 5.97 Å². The van der Waals surface area contributed by atoms with Crippen molar-refractivity contribution in [1.29, 1.82) is 0 Å². The van der Waals surface area contributed by atoms with Crippen LogP contribution in [0.1, 0.15) is 29.8 Å². The van der Waals surface area contributed by atoms with Crippen LogP contribution in [0, 0.1) is 0 Å². The van der Waals surface area contributed by atoms with Crippen molar-refractivity contribution in [2.45, 2.75) is 26.4 Å². The number of anilines is 1. The third-order valence-corrected chi connectivity index (χ3v) is 4.03. The highest BCUT2D eigenvalue weighted by Crippen LogP contribution is 2.21. The number of Topliss-reactive ketones (excluding diaryl/α,β-unsaturated/α-hetero) is 1. The van der Waals surface area contributed by atoms with Gasteiger partial charge in [0, 0.05) is 21.8 Å². The lowest BCUT2D eigenvalue weighted by molar-refractivity contribution is -0.152. The van der Waals surface area contributed by atoms with Gasteiger partial charge < -0.3 is 14.8 Å². The van der Waals surface area contributed by atoms with Crippen molar-refractivity contribution in [1.82, 2.24) is 0 Å². The molecule has 142 valence electrons. The van der Waals surface area contributed by atoms with Gasteiger partial charge in [-0.1, -0.05) is 17.7 Å². The number of methoxy groups -OCH3 is 1. The zero-order chi connectivity index (χ0) is 20.0. The molecule has 6 nitrogen and oxygen atoms in total. The predicted octanol–water partition coefficient (Wildman–Crippen LogP) is 3.66. The summed E-state index contributed by atoms with van der Waals surface area (Å²) in [5.74, 6) is -0.743. The minimum atomic E-state index is -1.00. The Morgan fingerprint density at radius 3 is 2.52 bits per heavy atom. The predicted molar refractivity (Wildman–Crippen MR) is 102 cm³/mol. The fourth-order valence-corrected chi connectivity index (χ4v) is 2.58. The van der Waals surface area contributed by atoms with E-state index in [0.29, 0.717) is 27.6 Å². The molecular formula is C20H20ClNO5. The van der Waals surface area contributed by atoms with Crippen LogP contribution in [0.4, 0.5) is 5.69 Å². The van der Waals surface area contributed by atoms with E-state index in [1.807, 2.05) is 0 Å². The van der Waals surface area contributed by atoms with Gasteiger partial charge in [-0.15, -0.1) is 0 Å². The van der Waals surface area contributed by atoms with Crippen LogP contribution >= 0.6 is 11.6 Å². The molecule has 27 heavy (non-hydrogen) atoms. The van der Waals surface area contributed by atoms with Gasteiger partial charge in [0.25, 0.3) is 5.91 Å². The molecule has 2 rings (SSSR count). The van der Waals surface area contributed by atoms with Gasteiger partial charge in [0.1, 0.15) is 5.75 Å². The third kappa shape index (κ3) is 5.82. The van der Waals surface area contributed by atoms with Crippen LogP contribution in [0.3, 0.4) is 0 Å². The van der Waals surface area contributed by atoms with E-state index in [-0.39, 0.29) is 12.2 Å². The van der Waals surface area contributed by atoms with Crippen LogP contribution in [0.25, 0.3) is 0 Å². The Morgan fingerprint density at radius 2 is 1.89 bits per heavy atom. The van der Waals surface area contributed by atoms with Crippen LogP contribution in [-0.4, -0.2) is 30.9 Å². The van der Waals surface area contributed by atoms with Gasteiger partial charge in [0.2, 0.25) is 0 Å². The summed E-state index contributed by atoms with van der Waals surface area (Å²) in [6.07, 6.45) is -1.13. The summed E-state index contributed by atoms with van der Waals surface area (Å²) in [4.78, 5) is 35.9. The molecule has 0 saturated carbocycles. The summed E-state index contributed by atoms with van der Waals surface area (Å²) in [5.41, 5.74) is 1.48. The number of carbonyl (C=O) groups is 3. The van der Waals surface area contributed by atoms with E-state index in [0.717, 1.165) is 0 Å². The van der Waals surface area contributed by atoms with Crippen molar-refractivity contribution in [2.75, 3.05) is 12.4 Å². The van der Waals surface area contributed by atoms with Gasteiger partial charge in [0.05, 0.1) is 13.5 Å². The van der Waals surface area contributed by atoms with Crippen LogP contribution < -0.4 is 10.1 Å². The molecule has 0 unspecified atom stereocenters. The van der Waals surface area contributed by atoms with Crippen molar-refractivity contribution in [3.63, 3.8) is 0 Å². The van der Waals surface area contributed by atoms with E-state index in [1.54, 1.807) is 42.5 Å². The zero-order valence-corrected chi connectivity index (χ0v) is 16.0. The average molecular weight is 390 g/mol. The summed E-state index contributed by atoms with van der Waals surface area (Å²) in [6.45, 7) is 2.91.